The number of nitrogens with zero attached hydrogens (tertiary/aromatic N) is 2. The number of rotatable bonds is 7. The molecule has 7 nitrogen and oxygen atoms in total. The minimum atomic E-state index is -0.391. The van der Waals surface area contributed by atoms with Crippen LogP contribution in [0.25, 0.3) is 0 Å². The Kier molecular flexibility index (Phi) is 8.12. The van der Waals surface area contributed by atoms with Gasteiger partial charge in [0, 0.05) is 31.7 Å². The Morgan fingerprint density at radius 1 is 1.32 bits per heavy atom. The number of carbonyl (C=O) groups excluding carboxylic acids is 1. The normalized spacial score (nSPS) is 19.8. The van der Waals surface area contributed by atoms with Crippen LogP contribution in [-0.2, 0) is 17.8 Å². The molecule has 7 heteroatoms. The Balaban J connectivity index is 1.57. The molecule has 1 saturated heterocycles. The summed E-state index contributed by atoms with van der Waals surface area (Å²) in [5, 5.41) is 6.89. The number of hydrogen-bond acceptors (Lipinski definition) is 5. The number of furan rings is 1. The number of methoxy groups -OCH3 is 1. The van der Waals surface area contributed by atoms with Crippen molar-refractivity contribution < 1.29 is 13.9 Å². The molecule has 0 radical (unpaired) electrons. The fourth-order valence-corrected chi connectivity index (χ4v) is 4.01. The average Bonchev–Trinajstić information content (AvgIpc) is 3.15. The number of nitrogens with one attached hydrogen (secondary N) is 2. The van der Waals surface area contributed by atoms with Crippen LogP contribution in [0.5, 0.6) is 0 Å². The van der Waals surface area contributed by atoms with Gasteiger partial charge in [-0.15, -0.1) is 0 Å². The van der Waals surface area contributed by atoms with Crippen LogP contribution in [0.4, 0.5) is 0 Å². The smallest absolute Gasteiger partial charge is 0.341 e. The number of likely N-dealkylation sites (tertiary alicyclic amines) is 1. The second-order valence-corrected chi connectivity index (χ2v) is 8.04. The summed E-state index contributed by atoms with van der Waals surface area (Å²) in [6, 6.07) is 13.2. The number of piperidine rings is 1. The quantitative estimate of drug-likeness (QED) is 0.401. The molecule has 2 heterocycles. The first-order chi connectivity index (χ1) is 15.0. The summed E-state index contributed by atoms with van der Waals surface area (Å²) in [7, 11) is 1.37. The fourth-order valence-electron chi connectivity index (χ4n) is 4.01. The van der Waals surface area contributed by atoms with Crippen LogP contribution >= 0.6 is 0 Å². The number of carbonyl (C=O) groups is 1. The van der Waals surface area contributed by atoms with Gasteiger partial charge in [-0.3, -0.25) is 4.90 Å². The highest BCUT2D eigenvalue weighted by atomic mass is 16.5. The Morgan fingerprint density at radius 3 is 2.77 bits per heavy atom. The van der Waals surface area contributed by atoms with E-state index in [9.17, 15) is 4.79 Å². The van der Waals surface area contributed by atoms with Crippen molar-refractivity contribution in [2.75, 3.05) is 20.2 Å². The zero-order valence-corrected chi connectivity index (χ0v) is 19.0. The van der Waals surface area contributed by atoms with E-state index in [1.54, 1.807) is 13.0 Å². The van der Waals surface area contributed by atoms with Crippen molar-refractivity contribution in [2.45, 2.75) is 58.8 Å². The molecule has 0 amide bonds. The zero-order valence-electron chi connectivity index (χ0n) is 19.0. The van der Waals surface area contributed by atoms with E-state index in [1.165, 1.54) is 12.7 Å². The minimum Gasteiger partial charge on any atom is -0.465 e. The van der Waals surface area contributed by atoms with Gasteiger partial charge in [-0.1, -0.05) is 30.3 Å². The highest BCUT2D eigenvalue weighted by Gasteiger charge is 2.26. The van der Waals surface area contributed by atoms with Crippen LogP contribution in [0.1, 0.15) is 54.1 Å². The SMILES string of the molecule is CCNC(=NCc1cc(C(=O)OC)c(C)o1)NC1CCN(Cc2ccccc2)C(C)C1. The molecule has 0 spiro atoms. The van der Waals surface area contributed by atoms with Crippen LogP contribution in [0.15, 0.2) is 45.8 Å². The molecule has 2 atom stereocenters. The maximum absolute atomic E-state index is 11.8. The van der Waals surface area contributed by atoms with Gasteiger partial charge in [0.15, 0.2) is 5.96 Å². The molecule has 0 bridgehead atoms. The lowest BCUT2D eigenvalue weighted by Gasteiger charge is -2.38. The van der Waals surface area contributed by atoms with E-state index in [0.29, 0.717) is 35.7 Å². The maximum atomic E-state index is 11.8. The standard InChI is InChI=1S/C24H34N4O3/c1-5-25-24(26-15-21-14-22(18(3)31-21)23(29)30-4)27-20-11-12-28(17(2)13-20)16-19-9-7-6-8-10-19/h6-10,14,17,20H,5,11-13,15-16H2,1-4H3,(H2,25,26,27). The van der Waals surface area contributed by atoms with Crippen molar-refractivity contribution in [2.24, 2.45) is 4.99 Å². The average molecular weight is 427 g/mol. The van der Waals surface area contributed by atoms with Gasteiger partial charge in [0.1, 0.15) is 23.6 Å². The van der Waals surface area contributed by atoms with Crippen molar-refractivity contribution in [3.05, 3.63) is 59.0 Å². The largest absolute Gasteiger partial charge is 0.465 e. The first-order valence-electron chi connectivity index (χ1n) is 11.0. The molecule has 1 aliphatic heterocycles. The van der Waals surface area contributed by atoms with E-state index >= 15 is 0 Å². The summed E-state index contributed by atoms with van der Waals surface area (Å²) < 4.78 is 10.5. The van der Waals surface area contributed by atoms with Crippen LogP contribution in [0, 0.1) is 6.92 Å². The van der Waals surface area contributed by atoms with Gasteiger partial charge in [0.25, 0.3) is 0 Å². The molecule has 31 heavy (non-hydrogen) atoms. The molecule has 2 N–H and O–H groups in total. The van der Waals surface area contributed by atoms with E-state index in [2.05, 4.69) is 64.7 Å². The lowest BCUT2D eigenvalue weighted by molar-refractivity contribution is 0.0599. The zero-order chi connectivity index (χ0) is 22.2. The van der Waals surface area contributed by atoms with Crippen LogP contribution in [0.3, 0.4) is 0 Å². The number of esters is 1. The van der Waals surface area contributed by atoms with Crippen molar-refractivity contribution in [1.82, 2.24) is 15.5 Å². The van der Waals surface area contributed by atoms with E-state index in [4.69, 9.17) is 9.15 Å². The molecule has 1 fully saturated rings. The summed E-state index contributed by atoms with van der Waals surface area (Å²) in [6.45, 7) is 9.27. The third-order valence-corrected chi connectivity index (χ3v) is 5.69. The number of aryl methyl sites for hydroxylation is 1. The Labute approximate surface area is 184 Å². The predicted octanol–water partition coefficient (Wildman–Crippen LogP) is 3.48. The van der Waals surface area contributed by atoms with E-state index in [1.807, 2.05) is 0 Å². The number of hydrogen-bond donors (Lipinski definition) is 2. The van der Waals surface area contributed by atoms with E-state index in [-0.39, 0.29) is 0 Å². The van der Waals surface area contributed by atoms with Gasteiger partial charge in [0.2, 0.25) is 0 Å². The van der Waals surface area contributed by atoms with Gasteiger partial charge in [0.05, 0.1) is 7.11 Å². The van der Waals surface area contributed by atoms with Crippen molar-refractivity contribution in [3.8, 4) is 0 Å². The van der Waals surface area contributed by atoms with E-state index < -0.39 is 5.97 Å². The first-order valence-corrected chi connectivity index (χ1v) is 11.0. The van der Waals surface area contributed by atoms with Crippen molar-refractivity contribution in [1.29, 1.82) is 0 Å². The molecule has 1 aromatic heterocycles. The molecule has 0 saturated carbocycles. The summed E-state index contributed by atoms with van der Waals surface area (Å²) in [5.74, 6) is 1.57. The third kappa shape index (κ3) is 6.34. The molecule has 2 unspecified atom stereocenters. The predicted molar refractivity (Wildman–Crippen MR) is 122 cm³/mol. The third-order valence-electron chi connectivity index (χ3n) is 5.69. The van der Waals surface area contributed by atoms with Crippen LogP contribution < -0.4 is 10.6 Å². The number of ether oxygens (including phenoxy) is 1. The number of benzene rings is 1. The maximum Gasteiger partial charge on any atom is 0.341 e. The molecule has 1 aromatic carbocycles. The van der Waals surface area contributed by atoms with Gasteiger partial charge in [-0.05, 0) is 45.2 Å². The molecule has 3 rings (SSSR count). The second-order valence-electron chi connectivity index (χ2n) is 8.04. The number of aliphatic imine (C=N–C) groups is 1. The Bertz CT molecular complexity index is 878. The monoisotopic (exact) mass is 426 g/mol. The van der Waals surface area contributed by atoms with Gasteiger partial charge >= 0.3 is 5.97 Å². The molecular weight excluding hydrogens is 392 g/mol. The lowest BCUT2D eigenvalue weighted by atomic mass is 9.97. The highest BCUT2D eigenvalue weighted by Crippen LogP contribution is 2.20. The topological polar surface area (TPSA) is 79.1 Å². The summed E-state index contributed by atoms with van der Waals surface area (Å²) in [6.07, 6.45) is 2.12. The molecular formula is C24H34N4O3. The summed E-state index contributed by atoms with van der Waals surface area (Å²) in [4.78, 5) is 19.0. The molecule has 1 aliphatic rings. The molecule has 0 aliphatic carbocycles. The van der Waals surface area contributed by atoms with Crippen molar-refractivity contribution >= 4 is 11.9 Å². The first kappa shape index (κ1) is 22.9. The fraction of sp³-hybridized carbons (Fsp3) is 0.500. The van der Waals surface area contributed by atoms with E-state index in [0.717, 1.165) is 38.4 Å². The van der Waals surface area contributed by atoms with Crippen LogP contribution in [0.2, 0.25) is 0 Å². The van der Waals surface area contributed by atoms with Crippen LogP contribution in [-0.4, -0.2) is 49.1 Å². The van der Waals surface area contributed by atoms with Gasteiger partial charge in [-0.25, -0.2) is 9.79 Å². The lowest BCUT2D eigenvalue weighted by Crippen LogP contribution is -2.51. The highest BCUT2D eigenvalue weighted by molar-refractivity contribution is 5.90. The summed E-state index contributed by atoms with van der Waals surface area (Å²) >= 11 is 0. The minimum absolute atomic E-state index is 0.357. The van der Waals surface area contributed by atoms with Gasteiger partial charge in [-0.2, -0.15) is 0 Å². The molecule has 2 aromatic rings. The Hall–Kier alpha value is -2.80. The number of guanidine groups is 1. The molecule has 168 valence electrons. The Morgan fingerprint density at radius 2 is 2.10 bits per heavy atom. The summed E-state index contributed by atoms with van der Waals surface area (Å²) in [5.41, 5.74) is 1.81. The second kappa shape index (κ2) is 11.0. The van der Waals surface area contributed by atoms with Gasteiger partial charge < -0.3 is 19.8 Å². The van der Waals surface area contributed by atoms with Crippen molar-refractivity contribution in [3.63, 3.8) is 0 Å².